The van der Waals surface area contributed by atoms with Crippen molar-refractivity contribution in [3.05, 3.63) is 35.9 Å². The van der Waals surface area contributed by atoms with Crippen molar-refractivity contribution in [1.29, 1.82) is 0 Å². The molecule has 1 aliphatic heterocycles. The van der Waals surface area contributed by atoms with Crippen LogP contribution in [-0.4, -0.2) is 41.9 Å². The summed E-state index contributed by atoms with van der Waals surface area (Å²) in [6, 6.07) is 9.34. The van der Waals surface area contributed by atoms with Gasteiger partial charge in [-0.05, 0) is 31.7 Å². The molecule has 0 radical (unpaired) electrons. The molecule has 7 heteroatoms. The van der Waals surface area contributed by atoms with E-state index in [-0.39, 0.29) is 29.9 Å². The molecular formula is C18H24FNO5. The fourth-order valence-electron chi connectivity index (χ4n) is 3.09. The van der Waals surface area contributed by atoms with Gasteiger partial charge >= 0.3 is 12.1 Å². The maximum atomic E-state index is 12.5. The van der Waals surface area contributed by atoms with Crippen LogP contribution in [0.1, 0.15) is 38.2 Å². The number of nitrogens with zero attached hydrogens (tertiary/aromatic N) is 1. The van der Waals surface area contributed by atoms with Crippen LogP contribution in [-0.2, 0) is 25.7 Å². The van der Waals surface area contributed by atoms with Crippen LogP contribution >= 0.6 is 0 Å². The zero-order chi connectivity index (χ0) is 17.6. The Morgan fingerprint density at radius 3 is 2.48 bits per heavy atom. The van der Waals surface area contributed by atoms with E-state index in [0.717, 1.165) is 5.56 Å². The molecule has 138 valence electrons. The van der Waals surface area contributed by atoms with Crippen LogP contribution in [0.2, 0.25) is 0 Å². The molecule has 1 saturated heterocycles. The predicted octanol–water partition coefficient (Wildman–Crippen LogP) is 2.85. The number of ketones is 1. The smallest absolute Gasteiger partial charge is 0.411 e. The minimum absolute atomic E-state index is 0. The molecular weight excluding hydrogens is 329 g/mol. The number of ether oxygens (including phenoxy) is 2. The first-order valence-electron chi connectivity index (χ1n) is 8.06. The number of carbonyl (C=O) groups is 3. The quantitative estimate of drug-likeness (QED) is 0.735. The van der Waals surface area contributed by atoms with E-state index in [1.807, 2.05) is 30.3 Å². The van der Waals surface area contributed by atoms with Crippen molar-refractivity contribution in [2.24, 2.45) is 0 Å². The summed E-state index contributed by atoms with van der Waals surface area (Å²) in [5.74, 6) is -0.513. The molecule has 0 saturated carbocycles. The van der Waals surface area contributed by atoms with Gasteiger partial charge in [-0.25, -0.2) is 9.59 Å². The molecule has 1 aromatic rings. The van der Waals surface area contributed by atoms with Crippen LogP contribution in [0, 0.1) is 0 Å². The van der Waals surface area contributed by atoms with Crippen molar-refractivity contribution in [1.82, 2.24) is 4.90 Å². The number of halogens is 1. The molecule has 0 bridgehead atoms. The summed E-state index contributed by atoms with van der Waals surface area (Å²) in [6.07, 6.45) is 1.08. The van der Waals surface area contributed by atoms with Gasteiger partial charge in [0.2, 0.25) is 0 Å². The number of rotatable bonds is 6. The number of likely N-dealkylation sites (tertiary alicyclic amines) is 1. The molecule has 25 heavy (non-hydrogen) atoms. The Bertz CT molecular complexity index is 607. The fraction of sp³-hybridized carbons (Fsp3) is 0.500. The van der Waals surface area contributed by atoms with E-state index >= 15 is 0 Å². The number of hydrogen-bond donors (Lipinski definition) is 0. The second-order valence-corrected chi connectivity index (χ2v) is 6.02. The van der Waals surface area contributed by atoms with E-state index in [4.69, 9.17) is 9.47 Å². The maximum absolute atomic E-state index is 12.5. The molecule has 0 aliphatic carbocycles. The third-order valence-corrected chi connectivity index (χ3v) is 4.37. The normalized spacial score (nSPS) is 19.0. The highest BCUT2D eigenvalue weighted by molar-refractivity contribution is 5.87. The monoisotopic (exact) mass is 353 g/mol. The standard InChI is InChI=1S/C18H23NO5.FH/c1-14(20)9-11-18(16(21)23-2)10-6-12-19(18)17(22)24-13-15-7-4-3-5-8-15;/h3-5,7-8H,6,9-13H2,1-2H3;1H/t18-;/m1./s1. The average Bonchev–Trinajstić information content (AvgIpc) is 3.03. The first-order chi connectivity index (χ1) is 11.5. The van der Waals surface area contributed by atoms with Crippen LogP contribution < -0.4 is 0 Å². The molecule has 1 aliphatic rings. The second-order valence-electron chi connectivity index (χ2n) is 6.02. The first kappa shape index (κ1) is 20.6. The summed E-state index contributed by atoms with van der Waals surface area (Å²) in [4.78, 5) is 37.6. The first-order valence-corrected chi connectivity index (χ1v) is 8.06. The minimum atomic E-state index is -1.10. The van der Waals surface area contributed by atoms with Crippen molar-refractivity contribution in [3.8, 4) is 0 Å². The molecule has 6 nitrogen and oxygen atoms in total. The van der Waals surface area contributed by atoms with E-state index in [0.29, 0.717) is 19.4 Å². The fourth-order valence-corrected chi connectivity index (χ4v) is 3.09. The van der Waals surface area contributed by atoms with Crippen molar-refractivity contribution in [2.45, 2.75) is 44.8 Å². The summed E-state index contributed by atoms with van der Waals surface area (Å²) < 4.78 is 10.3. The van der Waals surface area contributed by atoms with Crippen LogP contribution in [0.3, 0.4) is 0 Å². The molecule has 1 atom stereocenters. The van der Waals surface area contributed by atoms with Gasteiger partial charge in [-0.1, -0.05) is 30.3 Å². The predicted molar refractivity (Wildman–Crippen MR) is 89.7 cm³/mol. The lowest BCUT2D eigenvalue weighted by atomic mass is 9.89. The van der Waals surface area contributed by atoms with E-state index in [1.165, 1.54) is 18.9 Å². The Labute approximate surface area is 146 Å². The number of methoxy groups -OCH3 is 1. The zero-order valence-corrected chi connectivity index (χ0v) is 14.5. The van der Waals surface area contributed by atoms with E-state index in [9.17, 15) is 14.4 Å². The number of Topliss-reactive ketones (excluding diaryl/α,β-unsaturated/α-hetero) is 1. The molecule has 0 aromatic heterocycles. The summed E-state index contributed by atoms with van der Waals surface area (Å²) in [7, 11) is 1.30. The number of amides is 1. The lowest BCUT2D eigenvalue weighted by Crippen LogP contribution is -2.54. The topological polar surface area (TPSA) is 72.9 Å². The van der Waals surface area contributed by atoms with Gasteiger partial charge in [0.25, 0.3) is 0 Å². The highest BCUT2D eigenvalue weighted by Crippen LogP contribution is 2.35. The minimum Gasteiger partial charge on any atom is -0.467 e. The Morgan fingerprint density at radius 1 is 1.20 bits per heavy atom. The lowest BCUT2D eigenvalue weighted by Gasteiger charge is -2.35. The van der Waals surface area contributed by atoms with Crippen molar-refractivity contribution in [2.75, 3.05) is 13.7 Å². The molecule has 1 fully saturated rings. The van der Waals surface area contributed by atoms with E-state index < -0.39 is 17.6 Å². The van der Waals surface area contributed by atoms with Crippen LogP contribution in [0.25, 0.3) is 0 Å². The summed E-state index contributed by atoms with van der Waals surface area (Å²) in [6.45, 7) is 2.03. The summed E-state index contributed by atoms with van der Waals surface area (Å²) in [5.41, 5.74) is -0.230. The Morgan fingerprint density at radius 2 is 1.88 bits per heavy atom. The molecule has 1 amide bonds. The largest absolute Gasteiger partial charge is 0.467 e. The second kappa shape index (κ2) is 9.15. The zero-order valence-electron chi connectivity index (χ0n) is 14.5. The van der Waals surface area contributed by atoms with Crippen LogP contribution in [0.15, 0.2) is 30.3 Å². The van der Waals surface area contributed by atoms with Gasteiger partial charge in [-0.2, -0.15) is 0 Å². The molecule has 1 heterocycles. The molecule has 2 rings (SSSR count). The van der Waals surface area contributed by atoms with Gasteiger partial charge in [0.15, 0.2) is 0 Å². The number of esters is 1. The van der Waals surface area contributed by atoms with Crippen molar-refractivity contribution >= 4 is 17.8 Å². The third-order valence-electron chi connectivity index (χ3n) is 4.37. The number of benzene rings is 1. The SMILES string of the molecule is COC(=O)[C@]1(CCC(C)=O)CCCN1C(=O)OCc1ccccc1.F. The molecule has 0 N–H and O–H groups in total. The van der Waals surface area contributed by atoms with Crippen molar-refractivity contribution < 1.29 is 28.6 Å². The average molecular weight is 353 g/mol. The lowest BCUT2D eigenvalue weighted by molar-refractivity contribution is -0.153. The van der Waals surface area contributed by atoms with Gasteiger partial charge in [0.1, 0.15) is 17.9 Å². The Balaban J connectivity index is 0.00000312. The summed E-state index contributed by atoms with van der Waals surface area (Å²) in [5, 5.41) is 0. The summed E-state index contributed by atoms with van der Waals surface area (Å²) >= 11 is 0. The maximum Gasteiger partial charge on any atom is 0.411 e. The third kappa shape index (κ3) is 4.78. The van der Waals surface area contributed by atoms with Gasteiger partial charge in [0, 0.05) is 13.0 Å². The van der Waals surface area contributed by atoms with Gasteiger partial charge in [-0.3, -0.25) is 9.60 Å². The van der Waals surface area contributed by atoms with Crippen LogP contribution in [0.4, 0.5) is 9.50 Å². The molecule has 0 spiro atoms. The van der Waals surface area contributed by atoms with E-state index in [1.54, 1.807) is 0 Å². The number of carbonyl (C=O) groups excluding carboxylic acids is 3. The highest BCUT2D eigenvalue weighted by atomic mass is 19.0. The molecule has 1 aromatic carbocycles. The van der Waals surface area contributed by atoms with Crippen LogP contribution in [0.5, 0.6) is 0 Å². The van der Waals surface area contributed by atoms with Gasteiger partial charge < -0.3 is 14.3 Å². The van der Waals surface area contributed by atoms with Gasteiger partial charge in [-0.15, -0.1) is 0 Å². The Kier molecular flexibility index (Phi) is 7.54. The van der Waals surface area contributed by atoms with E-state index in [2.05, 4.69) is 0 Å². The highest BCUT2D eigenvalue weighted by Gasteiger charge is 2.51. The van der Waals surface area contributed by atoms with Gasteiger partial charge in [0.05, 0.1) is 7.11 Å². The Hall–Kier alpha value is -2.44. The molecule has 0 unspecified atom stereocenters. The van der Waals surface area contributed by atoms with Crippen molar-refractivity contribution in [3.63, 3.8) is 0 Å². The number of hydrogen-bond acceptors (Lipinski definition) is 5.